The minimum atomic E-state index is -1.04. The zero-order valence-electron chi connectivity index (χ0n) is 23.8. The maximum Gasteiger partial charge on any atom is 6.00 e. The predicted molar refractivity (Wildman–Crippen MR) is 121 cm³/mol. The van der Waals surface area contributed by atoms with E-state index in [-0.39, 0.29) is 55.8 Å². The minimum Gasteiger partial charge on any atom is -0.847 e. The van der Waals surface area contributed by atoms with Gasteiger partial charge in [-0.3, -0.25) is 0 Å². The maximum absolute atomic E-state index is 9.88. The molecule has 0 amide bonds. The first-order chi connectivity index (χ1) is 15.9. The molecule has 13 heteroatoms. The molecule has 6 unspecified atom stereocenters. The van der Waals surface area contributed by atoms with Gasteiger partial charge in [0.25, 0.3) is 0 Å². The molecule has 37 heavy (non-hydrogen) atoms. The summed E-state index contributed by atoms with van der Waals surface area (Å²) in [4.78, 5) is 59.0. The van der Waals surface area contributed by atoms with Crippen LogP contribution in [0.2, 0.25) is 0 Å². The van der Waals surface area contributed by atoms with Gasteiger partial charge in [0.15, 0.2) is 0 Å². The Balaban J connectivity index is -0.0000000581. The van der Waals surface area contributed by atoms with Crippen molar-refractivity contribution in [1.82, 2.24) is 0 Å². The summed E-state index contributed by atoms with van der Waals surface area (Å²) in [6.45, 7) is 15.8. The first-order valence-corrected chi connectivity index (χ1v) is 10.8. The molecule has 0 aliphatic heterocycles. The van der Waals surface area contributed by atoms with Gasteiger partial charge in [0.05, 0.1) is 0 Å². The van der Waals surface area contributed by atoms with E-state index in [4.69, 9.17) is 0 Å². The fraction of sp³-hybridized carbons (Fsp3) is 0.750. The van der Waals surface area contributed by atoms with Crippen LogP contribution >= 0.6 is 0 Å². The van der Waals surface area contributed by atoms with Crippen LogP contribution in [0.3, 0.4) is 0 Å². The Labute approximate surface area is 234 Å². The summed E-state index contributed by atoms with van der Waals surface area (Å²) in [5.41, 5.74) is 0. The van der Waals surface area contributed by atoms with Crippen molar-refractivity contribution in [2.45, 2.75) is 120 Å². The van der Waals surface area contributed by atoms with Gasteiger partial charge in [0.1, 0.15) is 34.7 Å². The number of Topliss-reactive ketones (excluding diaryl/α,β-unsaturated/α-hetero) is 6. The van der Waals surface area contributed by atoms with Crippen molar-refractivity contribution >= 4 is 34.7 Å². The molecule has 0 aromatic heterocycles. The van der Waals surface area contributed by atoms with Gasteiger partial charge in [-0.2, -0.15) is 0 Å². The molecule has 0 spiro atoms. The van der Waals surface area contributed by atoms with E-state index >= 15 is 0 Å². The van der Waals surface area contributed by atoms with Gasteiger partial charge < -0.3 is 59.4 Å². The fourth-order valence-corrected chi connectivity index (χ4v) is 0. The van der Waals surface area contributed by atoms with E-state index < -0.39 is 36.6 Å². The number of carbonyl (C=O) groups is 6. The molecule has 0 aliphatic rings. The van der Waals surface area contributed by atoms with E-state index in [1.165, 1.54) is 83.1 Å². The fourth-order valence-electron chi connectivity index (χ4n) is 0. The average molecular weight is 706 g/mol. The van der Waals surface area contributed by atoms with Crippen molar-refractivity contribution in [1.29, 1.82) is 0 Å². The summed E-state index contributed by atoms with van der Waals surface area (Å²) >= 11 is 0. The Bertz CT molecular complexity index is 486. The summed E-state index contributed by atoms with van der Waals surface area (Å²) in [5, 5.41) is 59.3. The van der Waals surface area contributed by atoms with Gasteiger partial charge in [-0.1, -0.05) is 78.2 Å². The van der Waals surface area contributed by atoms with Crippen LogP contribution in [0, 0.1) is 0 Å². The van der Waals surface area contributed by atoms with Gasteiger partial charge in [-0.05, 0) is 41.5 Å². The third-order valence-corrected chi connectivity index (χ3v) is 3.43. The van der Waals surface area contributed by atoms with Crippen molar-refractivity contribution in [3.8, 4) is 0 Å². The molecule has 0 saturated carbocycles. The quantitative estimate of drug-likeness (QED) is 0.256. The Morgan fingerprint density at radius 1 is 0.324 bits per heavy atom. The Kier molecular flexibility index (Phi) is 45.7. The summed E-state index contributed by atoms with van der Waals surface area (Å²) in [7, 11) is 0. The van der Waals surface area contributed by atoms with E-state index in [1.807, 2.05) is 0 Å². The SMILES string of the molecule is CC(=O)C(C)[O-].CC(=O)C(C)[O-].CC(=O)C(C)[O-].CC(=O)C(C)[O-].CC(=O)C(C)[O-].CC(=O)C(C)[O-].[W+6]. The Morgan fingerprint density at radius 2 is 0.351 bits per heavy atom. The second-order valence-electron chi connectivity index (χ2n) is 7.52. The van der Waals surface area contributed by atoms with Crippen LogP contribution in [0.15, 0.2) is 0 Å². The van der Waals surface area contributed by atoms with E-state index in [1.54, 1.807) is 0 Å². The van der Waals surface area contributed by atoms with Gasteiger partial charge in [0, 0.05) is 0 Å². The van der Waals surface area contributed by atoms with Gasteiger partial charge in [-0.25, -0.2) is 0 Å². The van der Waals surface area contributed by atoms with Crippen molar-refractivity contribution in [3.63, 3.8) is 0 Å². The second kappa shape index (κ2) is 32.5. The zero-order chi connectivity index (χ0) is 30.9. The van der Waals surface area contributed by atoms with Crippen molar-refractivity contribution in [2.75, 3.05) is 0 Å². The van der Waals surface area contributed by atoms with E-state index in [0.717, 1.165) is 0 Å². The van der Waals surface area contributed by atoms with Crippen LogP contribution in [0.4, 0.5) is 0 Å². The summed E-state index contributed by atoms with van der Waals surface area (Å²) < 4.78 is 0. The number of carbonyl (C=O) groups excluding carboxylic acids is 6. The molecular weight excluding hydrogens is 664 g/mol. The molecule has 0 heterocycles. The summed E-state index contributed by atoms with van der Waals surface area (Å²) in [6, 6.07) is 0. The van der Waals surface area contributed by atoms with Crippen molar-refractivity contribution in [2.24, 2.45) is 0 Å². The van der Waals surface area contributed by atoms with Crippen LogP contribution in [-0.4, -0.2) is 71.3 Å². The van der Waals surface area contributed by atoms with Crippen LogP contribution in [0.1, 0.15) is 83.1 Å². The third-order valence-electron chi connectivity index (χ3n) is 3.43. The summed E-state index contributed by atoms with van der Waals surface area (Å²) in [5.74, 6) is -1.78. The molecule has 0 aromatic rings. The van der Waals surface area contributed by atoms with Crippen LogP contribution in [-0.2, 0) is 49.8 Å². The molecule has 0 bridgehead atoms. The van der Waals surface area contributed by atoms with Crippen LogP contribution < -0.4 is 30.6 Å². The molecule has 0 aliphatic carbocycles. The van der Waals surface area contributed by atoms with Gasteiger partial charge in [0.2, 0.25) is 0 Å². The van der Waals surface area contributed by atoms with Gasteiger partial charge in [-0.15, -0.1) is 0 Å². The number of hydrogen-bond acceptors (Lipinski definition) is 12. The molecule has 0 radical (unpaired) electrons. The molecule has 216 valence electrons. The van der Waals surface area contributed by atoms with E-state index in [2.05, 4.69) is 0 Å². The molecular formula is C24H42O12W. The molecule has 0 fully saturated rings. The van der Waals surface area contributed by atoms with Crippen LogP contribution in [0.5, 0.6) is 0 Å². The normalized spacial score (nSPS) is 13.5. The number of rotatable bonds is 6. The van der Waals surface area contributed by atoms with E-state index in [0.29, 0.717) is 0 Å². The van der Waals surface area contributed by atoms with Crippen LogP contribution in [0.25, 0.3) is 0 Å². The van der Waals surface area contributed by atoms with E-state index in [9.17, 15) is 59.4 Å². The molecule has 0 N–H and O–H groups in total. The molecule has 6 atom stereocenters. The zero-order valence-corrected chi connectivity index (χ0v) is 26.7. The molecule has 0 rings (SSSR count). The molecule has 0 aromatic carbocycles. The standard InChI is InChI=1S/6C4H7O2.W/c6*1-3(5)4(2)6;/h6*3H,1-2H3;/q6*-1;+6. The minimum absolute atomic E-state index is 0. The first kappa shape index (κ1) is 52.0. The Morgan fingerprint density at radius 3 is 0.351 bits per heavy atom. The number of hydrogen-bond donors (Lipinski definition) is 0. The largest absolute Gasteiger partial charge is 6.00 e. The van der Waals surface area contributed by atoms with Crippen molar-refractivity contribution in [3.05, 3.63) is 0 Å². The topological polar surface area (TPSA) is 241 Å². The second-order valence-corrected chi connectivity index (χ2v) is 7.52. The molecule has 12 nitrogen and oxygen atoms in total. The number of ketones is 6. The average Bonchev–Trinajstić information content (AvgIpc) is 2.69. The third kappa shape index (κ3) is 72.0. The van der Waals surface area contributed by atoms with Gasteiger partial charge >= 0.3 is 21.1 Å². The predicted octanol–water partition coefficient (Wildman–Crippen LogP) is -4.06. The first-order valence-electron chi connectivity index (χ1n) is 10.8. The maximum atomic E-state index is 9.88. The van der Waals surface area contributed by atoms with Crippen molar-refractivity contribution < 1.29 is 80.5 Å². The monoisotopic (exact) mass is 706 g/mol. The molecule has 0 saturated heterocycles. The Hall–Kier alpha value is -1.53. The summed E-state index contributed by atoms with van der Waals surface area (Å²) in [6.07, 6.45) is -6.22. The smallest absolute Gasteiger partial charge is 0.847 e.